The first-order valence-electron chi connectivity index (χ1n) is 4.63. The van der Waals surface area contributed by atoms with E-state index in [4.69, 9.17) is 5.73 Å². The van der Waals surface area contributed by atoms with Gasteiger partial charge in [0.15, 0.2) is 11.6 Å². The van der Waals surface area contributed by atoms with Crippen LogP contribution in [0.4, 0.5) is 20.3 Å². The summed E-state index contributed by atoms with van der Waals surface area (Å²) in [4.78, 5) is 0. The molecule has 84 valence electrons. The van der Waals surface area contributed by atoms with E-state index >= 15 is 0 Å². The Labute approximate surface area is 90.5 Å². The summed E-state index contributed by atoms with van der Waals surface area (Å²) in [6.07, 6.45) is 1.52. The highest BCUT2D eigenvalue weighted by atomic mass is 19.2. The molecule has 0 amide bonds. The second-order valence-electron chi connectivity index (χ2n) is 3.30. The minimum Gasteiger partial charge on any atom is -0.382 e. The van der Waals surface area contributed by atoms with Gasteiger partial charge in [-0.2, -0.15) is 5.10 Å². The van der Waals surface area contributed by atoms with Crippen LogP contribution in [-0.4, -0.2) is 10.2 Å². The number of H-pyrrole nitrogens is 1. The van der Waals surface area contributed by atoms with E-state index < -0.39 is 11.6 Å². The number of nitrogen functional groups attached to an aromatic ring is 1. The Morgan fingerprint density at radius 3 is 2.75 bits per heavy atom. The van der Waals surface area contributed by atoms with Gasteiger partial charge in [0.1, 0.15) is 5.82 Å². The van der Waals surface area contributed by atoms with Crippen molar-refractivity contribution in [3.63, 3.8) is 0 Å². The Balaban J connectivity index is 2.05. The molecular formula is C10H10F2N4. The Bertz CT molecular complexity index is 495. The Kier molecular flexibility index (Phi) is 2.72. The number of anilines is 2. The number of benzene rings is 1. The molecule has 16 heavy (non-hydrogen) atoms. The van der Waals surface area contributed by atoms with Gasteiger partial charge in [0.05, 0.1) is 11.9 Å². The quantitative estimate of drug-likeness (QED) is 0.745. The average Bonchev–Trinajstić information content (AvgIpc) is 2.66. The van der Waals surface area contributed by atoms with Crippen LogP contribution >= 0.6 is 0 Å². The monoisotopic (exact) mass is 224 g/mol. The lowest BCUT2D eigenvalue weighted by molar-refractivity contribution is 0.507. The fourth-order valence-electron chi connectivity index (χ4n) is 1.28. The summed E-state index contributed by atoms with van der Waals surface area (Å²) < 4.78 is 25.5. The van der Waals surface area contributed by atoms with Crippen molar-refractivity contribution in [2.75, 3.05) is 11.1 Å². The van der Waals surface area contributed by atoms with Crippen LogP contribution < -0.4 is 11.1 Å². The zero-order valence-corrected chi connectivity index (χ0v) is 8.30. The van der Waals surface area contributed by atoms with Crippen LogP contribution in [0.5, 0.6) is 0 Å². The number of aromatic amines is 1. The Morgan fingerprint density at radius 2 is 2.12 bits per heavy atom. The number of halogens is 2. The SMILES string of the molecule is Nc1[nH]ncc1NCc1ccc(F)c(F)c1. The second-order valence-corrected chi connectivity index (χ2v) is 3.30. The molecule has 2 aromatic rings. The maximum atomic E-state index is 12.9. The smallest absolute Gasteiger partial charge is 0.159 e. The van der Waals surface area contributed by atoms with E-state index in [0.717, 1.165) is 12.1 Å². The number of hydrogen-bond donors (Lipinski definition) is 3. The number of nitrogens with zero attached hydrogens (tertiary/aromatic N) is 1. The van der Waals surface area contributed by atoms with E-state index in [-0.39, 0.29) is 0 Å². The highest BCUT2D eigenvalue weighted by molar-refractivity contribution is 5.60. The van der Waals surface area contributed by atoms with Crippen molar-refractivity contribution in [1.82, 2.24) is 10.2 Å². The summed E-state index contributed by atoms with van der Waals surface area (Å²) in [5.41, 5.74) is 6.80. The van der Waals surface area contributed by atoms with Gasteiger partial charge in [0.25, 0.3) is 0 Å². The topological polar surface area (TPSA) is 66.7 Å². The predicted octanol–water partition coefficient (Wildman–Crippen LogP) is 1.88. The predicted molar refractivity (Wildman–Crippen MR) is 56.7 cm³/mol. The van der Waals surface area contributed by atoms with Crippen molar-refractivity contribution in [1.29, 1.82) is 0 Å². The minimum absolute atomic E-state index is 0.348. The summed E-state index contributed by atoms with van der Waals surface area (Å²) in [7, 11) is 0. The molecule has 0 radical (unpaired) electrons. The molecule has 0 saturated heterocycles. The fraction of sp³-hybridized carbons (Fsp3) is 0.100. The molecule has 2 rings (SSSR count). The number of nitrogens with two attached hydrogens (primary N) is 1. The van der Waals surface area contributed by atoms with Crippen LogP contribution in [0.25, 0.3) is 0 Å². The summed E-state index contributed by atoms with van der Waals surface area (Å²) in [6.45, 7) is 0.348. The molecule has 0 atom stereocenters. The molecule has 0 bridgehead atoms. The maximum Gasteiger partial charge on any atom is 0.159 e. The minimum atomic E-state index is -0.862. The fourth-order valence-corrected chi connectivity index (χ4v) is 1.28. The van der Waals surface area contributed by atoms with Gasteiger partial charge in [-0.25, -0.2) is 8.78 Å². The molecule has 1 aromatic heterocycles. The first kappa shape index (κ1) is 10.4. The van der Waals surface area contributed by atoms with Crippen LogP contribution in [0, 0.1) is 11.6 Å². The third kappa shape index (κ3) is 2.10. The van der Waals surface area contributed by atoms with Crippen LogP contribution in [0.2, 0.25) is 0 Å². The van der Waals surface area contributed by atoms with Gasteiger partial charge in [-0.05, 0) is 17.7 Å². The van der Waals surface area contributed by atoms with Gasteiger partial charge in [-0.1, -0.05) is 6.07 Å². The van der Waals surface area contributed by atoms with Gasteiger partial charge >= 0.3 is 0 Å². The summed E-state index contributed by atoms with van der Waals surface area (Å²) >= 11 is 0. The number of hydrogen-bond acceptors (Lipinski definition) is 3. The van der Waals surface area contributed by atoms with Gasteiger partial charge in [0, 0.05) is 6.54 Å². The molecule has 0 fully saturated rings. The standard InChI is InChI=1S/C10H10F2N4/c11-7-2-1-6(3-8(7)12)4-14-9-5-15-16-10(9)13/h1-3,5,14H,4H2,(H3,13,15,16). The van der Waals surface area contributed by atoms with E-state index in [1.165, 1.54) is 12.3 Å². The van der Waals surface area contributed by atoms with Crippen LogP contribution in [0.3, 0.4) is 0 Å². The molecule has 0 aliphatic rings. The summed E-state index contributed by atoms with van der Waals surface area (Å²) in [6, 6.07) is 3.73. The second kappa shape index (κ2) is 4.18. The summed E-state index contributed by atoms with van der Waals surface area (Å²) in [5, 5.41) is 9.22. The number of aromatic nitrogens is 2. The van der Waals surface area contributed by atoms with E-state index in [0.29, 0.717) is 23.6 Å². The normalized spacial score (nSPS) is 10.4. The molecule has 1 aromatic carbocycles. The van der Waals surface area contributed by atoms with Crippen molar-refractivity contribution in [3.05, 3.63) is 41.6 Å². The molecule has 0 spiro atoms. The first-order chi connectivity index (χ1) is 7.66. The van der Waals surface area contributed by atoms with Gasteiger partial charge in [-0.15, -0.1) is 0 Å². The maximum absolute atomic E-state index is 12.9. The van der Waals surface area contributed by atoms with Crippen molar-refractivity contribution in [3.8, 4) is 0 Å². The highest BCUT2D eigenvalue weighted by Gasteiger charge is 2.04. The van der Waals surface area contributed by atoms with E-state index in [2.05, 4.69) is 15.5 Å². The molecule has 0 aliphatic heterocycles. The van der Waals surface area contributed by atoms with Crippen LogP contribution in [-0.2, 0) is 6.54 Å². The molecule has 6 heteroatoms. The van der Waals surface area contributed by atoms with Gasteiger partial charge < -0.3 is 11.1 Å². The number of rotatable bonds is 3. The molecule has 0 aliphatic carbocycles. The third-order valence-corrected chi connectivity index (χ3v) is 2.14. The zero-order valence-electron chi connectivity index (χ0n) is 8.30. The first-order valence-corrected chi connectivity index (χ1v) is 4.63. The Hall–Kier alpha value is -2.11. The van der Waals surface area contributed by atoms with Crippen molar-refractivity contribution >= 4 is 11.5 Å². The average molecular weight is 224 g/mol. The van der Waals surface area contributed by atoms with Crippen molar-refractivity contribution < 1.29 is 8.78 Å². The molecule has 0 saturated carbocycles. The van der Waals surface area contributed by atoms with Crippen molar-refractivity contribution in [2.45, 2.75) is 6.54 Å². The largest absolute Gasteiger partial charge is 0.382 e. The lowest BCUT2D eigenvalue weighted by Gasteiger charge is -2.05. The lowest BCUT2D eigenvalue weighted by Crippen LogP contribution is -2.01. The van der Waals surface area contributed by atoms with Gasteiger partial charge in [-0.3, -0.25) is 5.10 Å². The van der Waals surface area contributed by atoms with E-state index in [9.17, 15) is 8.78 Å². The van der Waals surface area contributed by atoms with Crippen LogP contribution in [0.1, 0.15) is 5.56 Å². The number of nitrogens with one attached hydrogen (secondary N) is 2. The summed E-state index contributed by atoms with van der Waals surface area (Å²) in [5.74, 6) is -1.31. The molecule has 4 N–H and O–H groups in total. The Morgan fingerprint density at radius 1 is 1.31 bits per heavy atom. The third-order valence-electron chi connectivity index (χ3n) is 2.14. The molecule has 1 heterocycles. The van der Waals surface area contributed by atoms with Crippen molar-refractivity contribution in [2.24, 2.45) is 0 Å². The lowest BCUT2D eigenvalue weighted by atomic mass is 10.2. The van der Waals surface area contributed by atoms with Crippen LogP contribution in [0.15, 0.2) is 24.4 Å². The molecule has 0 unspecified atom stereocenters. The van der Waals surface area contributed by atoms with E-state index in [1.54, 1.807) is 0 Å². The highest BCUT2D eigenvalue weighted by Crippen LogP contribution is 2.15. The zero-order chi connectivity index (χ0) is 11.5. The molecular weight excluding hydrogens is 214 g/mol. The molecule has 4 nitrogen and oxygen atoms in total. The van der Waals surface area contributed by atoms with Gasteiger partial charge in [0.2, 0.25) is 0 Å². The van der Waals surface area contributed by atoms with E-state index in [1.807, 2.05) is 0 Å².